The Kier molecular flexibility index (Phi) is 9.77. The van der Waals surface area contributed by atoms with Crippen molar-refractivity contribution < 1.29 is 9.53 Å². The molecule has 0 bridgehead atoms. The number of aliphatic hydroxyl groups is 1. The Bertz CT molecular complexity index is 1110. The Labute approximate surface area is 227 Å². The third-order valence-corrected chi connectivity index (χ3v) is 12.7. The van der Waals surface area contributed by atoms with Crippen molar-refractivity contribution in [1.29, 1.82) is 0 Å². The van der Waals surface area contributed by atoms with Crippen LogP contribution in [0.15, 0.2) is 91.0 Å². The Morgan fingerprint density at radius 1 is 0.784 bits per heavy atom. The molecule has 0 aliphatic carbocycles. The molecular formula is C33H44O2Si2. The summed E-state index contributed by atoms with van der Waals surface area (Å²) in [5.74, 6) is 3.36. The maximum absolute atomic E-state index is 12.1. The van der Waals surface area contributed by atoms with Gasteiger partial charge in [0, 0.05) is 5.92 Å². The second-order valence-electron chi connectivity index (χ2n) is 12.0. The van der Waals surface area contributed by atoms with E-state index in [1.807, 2.05) is 18.2 Å². The highest BCUT2D eigenvalue weighted by Crippen LogP contribution is 2.41. The molecule has 3 aromatic carbocycles. The van der Waals surface area contributed by atoms with Gasteiger partial charge in [0.15, 0.2) is 0 Å². The molecule has 0 amide bonds. The molecular weight excluding hydrogens is 485 g/mol. The van der Waals surface area contributed by atoms with Crippen LogP contribution in [0.3, 0.4) is 0 Å². The number of hydrogen-bond donors (Lipinski definition) is 1. The molecule has 3 aromatic rings. The van der Waals surface area contributed by atoms with Crippen LogP contribution in [0.5, 0.6) is 0 Å². The fraction of sp³-hybridized carbons (Fsp3) is 0.394. The summed E-state index contributed by atoms with van der Waals surface area (Å²) in [4.78, 5) is 0. The van der Waals surface area contributed by atoms with Crippen LogP contribution in [0.2, 0.25) is 24.7 Å². The summed E-state index contributed by atoms with van der Waals surface area (Å²) in [7, 11) is -4.48. The van der Waals surface area contributed by atoms with E-state index in [2.05, 4.69) is 132 Å². The summed E-state index contributed by atoms with van der Waals surface area (Å²) in [5, 5.41) is 14.3. The van der Waals surface area contributed by atoms with E-state index in [9.17, 15) is 5.11 Å². The van der Waals surface area contributed by atoms with Crippen LogP contribution in [0.4, 0.5) is 0 Å². The van der Waals surface area contributed by atoms with Gasteiger partial charge in [0.05, 0.1) is 12.2 Å². The van der Waals surface area contributed by atoms with Gasteiger partial charge in [-0.05, 0) is 27.4 Å². The molecule has 3 unspecified atom stereocenters. The zero-order chi connectivity index (χ0) is 27.1. The van der Waals surface area contributed by atoms with Crippen LogP contribution in [-0.4, -0.2) is 27.6 Å². The van der Waals surface area contributed by atoms with E-state index in [0.29, 0.717) is 0 Å². The smallest absolute Gasteiger partial charge is 0.262 e. The van der Waals surface area contributed by atoms with E-state index in [-0.39, 0.29) is 11.0 Å². The Morgan fingerprint density at radius 2 is 1.24 bits per heavy atom. The zero-order valence-corrected chi connectivity index (χ0v) is 25.7. The van der Waals surface area contributed by atoms with Crippen molar-refractivity contribution in [1.82, 2.24) is 0 Å². The van der Waals surface area contributed by atoms with Crippen molar-refractivity contribution in [3.05, 3.63) is 96.6 Å². The first-order valence-corrected chi connectivity index (χ1v) is 18.9. The zero-order valence-electron chi connectivity index (χ0n) is 23.7. The number of hydrogen-bond acceptors (Lipinski definition) is 2. The second-order valence-corrected chi connectivity index (χ2v) is 21.0. The molecule has 0 spiro atoms. The van der Waals surface area contributed by atoms with E-state index >= 15 is 0 Å². The molecule has 1 N–H and O–H groups in total. The average Bonchev–Trinajstić information content (AvgIpc) is 2.87. The molecule has 2 nitrogen and oxygen atoms in total. The lowest BCUT2D eigenvalue weighted by atomic mass is 9.91. The summed E-state index contributed by atoms with van der Waals surface area (Å²) < 4.78 is 7.51. The number of aliphatic hydroxyl groups excluding tert-OH is 1. The summed E-state index contributed by atoms with van der Waals surface area (Å²) in [5.41, 5.74) is 4.53. The number of benzene rings is 3. The Morgan fingerprint density at radius 3 is 1.65 bits per heavy atom. The fourth-order valence-electron chi connectivity index (χ4n) is 5.02. The van der Waals surface area contributed by atoms with Crippen LogP contribution in [-0.2, 0) is 4.43 Å². The van der Waals surface area contributed by atoms with Gasteiger partial charge in [0.1, 0.15) is 8.07 Å². The first-order valence-electron chi connectivity index (χ1n) is 13.5. The van der Waals surface area contributed by atoms with Crippen molar-refractivity contribution in [2.75, 3.05) is 0 Å². The maximum atomic E-state index is 12.1. The SMILES string of the molecule is CCCC(C#C[Si](C)(C)C)C(O)C(O[Si](c1ccccc1)(c1ccccc1)C(C)(C)C)c1ccccc1. The molecule has 0 aromatic heterocycles. The van der Waals surface area contributed by atoms with Gasteiger partial charge >= 0.3 is 0 Å². The van der Waals surface area contributed by atoms with Gasteiger partial charge in [0.25, 0.3) is 8.32 Å². The quantitative estimate of drug-likeness (QED) is 0.240. The van der Waals surface area contributed by atoms with Gasteiger partial charge in [-0.25, -0.2) is 0 Å². The Hall–Kier alpha value is -2.43. The van der Waals surface area contributed by atoms with Gasteiger partial charge in [-0.2, -0.15) is 0 Å². The molecule has 0 saturated carbocycles. The minimum Gasteiger partial charge on any atom is -0.398 e. The molecule has 3 atom stereocenters. The van der Waals surface area contributed by atoms with Crippen LogP contribution in [0, 0.1) is 17.4 Å². The van der Waals surface area contributed by atoms with Gasteiger partial charge in [-0.15, -0.1) is 11.5 Å². The molecule has 0 radical (unpaired) electrons. The summed E-state index contributed by atoms with van der Waals surface area (Å²) in [6.45, 7) is 15.8. The molecule has 3 rings (SSSR count). The van der Waals surface area contributed by atoms with Crippen molar-refractivity contribution in [2.45, 2.75) is 77.4 Å². The van der Waals surface area contributed by atoms with E-state index in [0.717, 1.165) is 18.4 Å². The van der Waals surface area contributed by atoms with Crippen molar-refractivity contribution >= 4 is 26.8 Å². The first kappa shape index (κ1) is 29.1. The molecule has 0 aliphatic rings. The highest BCUT2D eigenvalue weighted by molar-refractivity contribution is 6.99. The van der Waals surface area contributed by atoms with Crippen molar-refractivity contribution in [2.24, 2.45) is 5.92 Å². The van der Waals surface area contributed by atoms with E-state index < -0.39 is 28.6 Å². The lowest BCUT2D eigenvalue weighted by Gasteiger charge is -2.46. The van der Waals surface area contributed by atoms with Crippen LogP contribution in [0.25, 0.3) is 0 Å². The van der Waals surface area contributed by atoms with E-state index in [4.69, 9.17) is 4.43 Å². The fourth-order valence-corrected chi connectivity index (χ4v) is 10.3. The number of rotatable bonds is 9. The van der Waals surface area contributed by atoms with Gasteiger partial charge in [-0.3, -0.25) is 0 Å². The molecule has 0 saturated heterocycles. The minimum absolute atomic E-state index is 0.153. The van der Waals surface area contributed by atoms with Crippen molar-refractivity contribution in [3.63, 3.8) is 0 Å². The molecule has 37 heavy (non-hydrogen) atoms. The summed E-state index contributed by atoms with van der Waals surface area (Å²) >= 11 is 0. The minimum atomic E-state index is -2.89. The normalized spacial score (nSPS) is 14.8. The van der Waals surface area contributed by atoms with Crippen LogP contribution in [0.1, 0.15) is 52.2 Å². The standard InChI is InChI=1S/C33H44O2Si2/c1-8-18-27(25-26-36(5,6)7)31(34)32(28-19-12-9-13-20-28)35-37(33(2,3)4,29-21-14-10-15-22-29)30-23-16-11-17-24-30/h9-17,19-24,27,31-32,34H,8,18H2,1-7H3. The first-order chi connectivity index (χ1) is 17.5. The topological polar surface area (TPSA) is 29.5 Å². The van der Waals surface area contributed by atoms with Gasteiger partial charge in [0.2, 0.25) is 0 Å². The molecule has 0 fully saturated rings. The second kappa shape index (κ2) is 12.4. The Balaban J connectivity index is 2.24. The highest BCUT2D eigenvalue weighted by atomic mass is 28.4. The van der Waals surface area contributed by atoms with Crippen molar-refractivity contribution in [3.8, 4) is 11.5 Å². The average molecular weight is 529 g/mol. The molecule has 4 heteroatoms. The van der Waals surface area contributed by atoms with Crippen LogP contribution >= 0.6 is 0 Å². The predicted molar refractivity (Wildman–Crippen MR) is 163 cm³/mol. The lowest BCUT2D eigenvalue weighted by molar-refractivity contribution is 0.00320. The highest BCUT2D eigenvalue weighted by Gasteiger charge is 2.52. The third kappa shape index (κ3) is 7.12. The summed E-state index contributed by atoms with van der Waals surface area (Å²) in [6.07, 6.45) is 0.558. The predicted octanol–water partition coefficient (Wildman–Crippen LogP) is 6.96. The van der Waals surface area contributed by atoms with E-state index in [1.54, 1.807) is 0 Å². The molecule has 0 aliphatic heterocycles. The van der Waals surface area contributed by atoms with Gasteiger partial charge < -0.3 is 9.53 Å². The molecule has 0 heterocycles. The van der Waals surface area contributed by atoms with Crippen LogP contribution < -0.4 is 10.4 Å². The third-order valence-electron chi connectivity index (χ3n) is 6.80. The maximum Gasteiger partial charge on any atom is 0.262 e. The lowest BCUT2D eigenvalue weighted by Crippen LogP contribution is -2.67. The molecule has 196 valence electrons. The largest absolute Gasteiger partial charge is 0.398 e. The van der Waals surface area contributed by atoms with E-state index in [1.165, 1.54) is 10.4 Å². The monoisotopic (exact) mass is 528 g/mol. The van der Waals surface area contributed by atoms with Gasteiger partial charge in [-0.1, -0.05) is 145 Å². The summed E-state index contributed by atoms with van der Waals surface area (Å²) in [6, 6.07) is 31.6.